The number of fused-ring (bicyclic) bond motifs is 2. The Morgan fingerprint density at radius 1 is 1.14 bits per heavy atom. The third kappa shape index (κ3) is 4.25. The lowest BCUT2D eigenvalue weighted by molar-refractivity contribution is -0.640. The van der Waals surface area contributed by atoms with Gasteiger partial charge in [0.2, 0.25) is 5.91 Å². The fraction of sp³-hybridized carbons (Fsp3) is 0.655. The van der Waals surface area contributed by atoms with Crippen LogP contribution in [-0.4, -0.2) is 41.5 Å². The van der Waals surface area contributed by atoms with Crippen LogP contribution in [0.3, 0.4) is 0 Å². The molecular weight excluding hydrogens is 457 g/mol. The zero-order valence-electron chi connectivity index (χ0n) is 20.8. The molecule has 1 saturated carbocycles. The monoisotopic (exact) mass is 496 g/mol. The summed E-state index contributed by atoms with van der Waals surface area (Å²) in [5.41, 5.74) is 2.36. The quantitative estimate of drug-likeness (QED) is 0.665. The van der Waals surface area contributed by atoms with Crippen molar-refractivity contribution in [3.05, 3.63) is 51.5 Å². The second-order valence-corrected chi connectivity index (χ2v) is 12.5. The number of rotatable bonds is 4. The molecule has 0 bridgehead atoms. The first kappa shape index (κ1) is 23.6. The maximum Gasteiger partial charge on any atom is 0.232 e. The van der Waals surface area contributed by atoms with Crippen molar-refractivity contribution in [2.75, 3.05) is 19.6 Å². The van der Waals surface area contributed by atoms with Gasteiger partial charge >= 0.3 is 0 Å². The minimum absolute atomic E-state index is 0.00572. The first-order valence-corrected chi connectivity index (χ1v) is 14.7. The van der Waals surface area contributed by atoms with E-state index in [0.717, 1.165) is 57.4 Å². The highest BCUT2D eigenvalue weighted by Gasteiger charge is 2.56. The molecule has 2 saturated heterocycles. The summed E-state index contributed by atoms with van der Waals surface area (Å²) in [6, 6.07) is 11.3. The topological polar surface area (TPSA) is 49.8 Å². The zero-order chi connectivity index (χ0) is 23.8. The van der Waals surface area contributed by atoms with E-state index in [1.165, 1.54) is 42.5 Å². The Balaban J connectivity index is 1.30. The number of carbonyl (C=O) groups excluding carboxylic acids is 1. The highest BCUT2D eigenvalue weighted by atomic mass is 32.1. The molecule has 4 aliphatic rings. The molecule has 1 spiro atoms. The number of likely N-dealkylation sites (tertiary alicyclic amines) is 1. The molecule has 2 aliphatic heterocycles. The lowest BCUT2D eigenvalue weighted by Crippen LogP contribution is -2.82. The van der Waals surface area contributed by atoms with Gasteiger partial charge in [0, 0.05) is 17.5 Å². The van der Waals surface area contributed by atoms with E-state index in [4.69, 9.17) is 0 Å². The molecule has 0 unspecified atom stereocenters. The molecule has 6 heteroatoms. The number of halogens is 1. The summed E-state index contributed by atoms with van der Waals surface area (Å²) in [6.07, 6.45) is 11.6. The molecule has 1 aromatic heterocycles. The zero-order valence-corrected chi connectivity index (χ0v) is 21.6. The van der Waals surface area contributed by atoms with E-state index < -0.39 is 6.67 Å². The van der Waals surface area contributed by atoms with E-state index in [1.807, 2.05) is 0 Å². The summed E-state index contributed by atoms with van der Waals surface area (Å²) in [5, 5.41) is 2.94. The number of nitrogens with two attached hydrogens (primary N) is 1. The van der Waals surface area contributed by atoms with E-state index in [0.29, 0.717) is 28.8 Å². The average molecular weight is 497 g/mol. The van der Waals surface area contributed by atoms with Crippen molar-refractivity contribution >= 4 is 17.2 Å². The molecule has 1 aromatic carbocycles. The molecule has 3 fully saturated rings. The van der Waals surface area contributed by atoms with Gasteiger partial charge in [0.25, 0.3) is 0 Å². The lowest BCUT2D eigenvalue weighted by atomic mass is 9.68. The fourth-order valence-electron chi connectivity index (χ4n) is 7.91. The van der Waals surface area contributed by atoms with Gasteiger partial charge in [-0.05, 0) is 62.3 Å². The Hall–Kier alpha value is -1.79. The van der Waals surface area contributed by atoms with E-state index in [2.05, 4.69) is 45.5 Å². The third-order valence-electron chi connectivity index (χ3n) is 9.61. The molecule has 1 amide bonds. The summed E-state index contributed by atoms with van der Waals surface area (Å²) in [4.78, 5) is 22.7. The number of alkyl halides is 1. The van der Waals surface area contributed by atoms with Crippen LogP contribution in [0.4, 0.5) is 4.39 Å². The van der Waals surface area contributed by atoms with Gasteiger partial charge < -0.3 is 10.2 Å². The van der Waals surface area contributed by atoms with E-state index in [-0.39, 0.29) is 11.3 Å². The van der Waals surface area contributed by atoms with Gasteiger partial charge in [0.05, 0.1) is 24.2 Å². The van der Waals surface area contributed by atoms with Crippen molar-refractivity contribution in [3.8, 4) is 0 Å². The van der Waals surface area contributed by atoms with Crippen molar-refractivity contribution < 1.29 is 14.5 Å². The summed E-state index contributed by atoms with van der Waals surface area (Å²) in [7, 11) is 0. The van der Waals surface area contributed by atoms with Crippen LogP contribution in [-0.2, 0) is 23.3 Å². The van der Waals surface area contributed by atoms with Crippen LogP contribution in [0.25, 0.3) is 0 Å². The van der Waals surface area contributed by atoms with Crippen molar-refractivity contribution in [3.63, 3.8) is 0 Å². The predicted molar refractivity (Wildman–Crippen MR) is 137 cm³/mol. The van der Waals surface area contributed by atoms with Crippen LogP contribution in [0, 0.1) is 11.8 Å². The average Bonchev–Trinajstić information content (AvgIpc) is 3.54. The largest absolute Gasteiger partial charge is 0.345 e. The predicted octanol–water partition coefficient (Wildman–Crippen LogP) is 4.74. The maximum absolute atomic E-state index is 14.5. The molecule has 4 nitrogen and oxygen atoms in total. The molecule has 0 radical (unpaired) electrons. The van der Waals surface area contributed by atoms with Crippen LogP contribution >= 0.6 is 11.3 Å². The first-order chi connectivity index (χ1) is 17.2. The summed E-state index contributed by atoms with van der Waals surface area (Å²) in [6.45, 7) is 2.18. The number of nitrogens with zero attached hydrogens (tertiary/aromatic N) is 2. The minimum Gasteiger partial charge on any atom is -0.345 e. The second-order valence-electron chi connectivity index (χ2n) is 11.4. The van der Waals surface area contributed by atoms with Gasteiger partial charge in [-0.15, -0.1) is 11.3 Å². The van der Waals surface area contributed by atoms with Crippen LogP contribution in [0.1, 0.15) is 84.8 Å². The number of thiazole rings is 1. The van der Waals surface area contributed by atoms with Crippen molar-refractivity contribution in [1.82, 2.24) is 9.88 Å². The molecule has 2 aliphatic carbocycles. The molecule has 2 N–H and O–H groups in total. The lowest BCUT2D eigenvalue weighted by Gasteiger charge is -2.47. The summed E-state index contributed by atoms with van der Waals surface area (Å²) < 4.78 is 13.5. The van der Waals surface area contributed by atoms with E-state index in [1.54, 1.807) is 11.3 Å². The van der Waals surface area contributed by atoms with Gasteiger partial charge in [-0.2, -0.15) is 0 Å². The van der Waals surface area contributed by atoms with Crippen LogP contribution in [0.15, 0.2) is 30.3 Å². The summed E-state index contributed by atoms with van der Waals surface area (Å²) in [5.74, 6) is 1.55. The van der Waals surface area contributed by atoms with Gasteiger partial charge in [0.15, 0.2) is 0 Å². The Bertz CT molecular complexity index is 1040. The molecule has 6 rings (SSSR count). The van der Waals surface area contributed by atoms with Gasteiger partial charge in [-0.25, -0.2) is 9.37 Å². The third-order valence-corrected chi connectivity index (χ3v) is 10.9. The Morgan fingerprint density at radius 2 is 1.97 bits per heavy atom. The fourth-order valence-corrected chi connectivity index (χ4v) is 9.15. The minimum atomic E-state index is -0.493. The number of aryl methyl sites for hydroxylation is 1. The number of aromatic nitrogens is 1. The van der Waals surface area contributed by atoms with Crippen molar-refractivity contribution in [2.45, 2.75) is 88.3 Å². The number of amides is 1. The number of quaternary nitrogens is 1. The Labute approximate surface area is 212 Å². The number of piperidine rings is 1. The Kier molecular flexibility index (Phi) is 6.70. The molecule has 35 heavy (non-hydrogen) atoms. The summed E-state index contributed by atoms with van der Waals surface area (Å²) >= 11 is 1.55. The first-order valence-electron chi connectivity index (χ1n) is 13.9. The number of hydrogen-bond acceptors (Lipinski definition) is 3. The molecular formula is C29H39FN3OS+. The smallest absolute Gasteiger partial charge is 0.232 e. The number of hydrogen-bond donors (Lipinski definition) is 1. The maximum atomic E-state index is 14.5. The van der Waals surface area contributed by atoms with Crippen molar-refractivity contribution in [2.24, 2.45) is 11.8 Å². The molecule has 4 atom stereocenters. The van der Waals surface area contributed by atoms with Crippen LogP contribution < -0.4 is 5.32 Å². The van der Waals surface area contributed by atoms with E-state index in [9.17, 15) is 9.18 Å². The van der Waals surface area contributed by atoms with E-state index >= 15 is 0 Å². The second kappa shape index (κ2) is 9.93. The highest BCUT2D eigenvalue weighted by Crippen LogP contribution is 2.48. The highest BCUT2D eigenvalue weighted by molar-refractivity contribution is 7.12. The van der Waals surface area contributed by atoms with Crippen molar-refractivity contribution in [1.29, 1.82) is 0 Å². The van der Waals surface area contributed by atoms with Gasteiger partial charge in [0.1, 0.15) is 17.6 Å². The SMILES string of the molecule is O=C([C@@H]1C[NH2+]C[C@]12CCCc1nc(CF)sc12)N1CC[C@@H](c2ccccc2)C[C@H]1C1CCCCC1. The molecule has 2 aromatic rings. The molecule has 188 valence electrons. The van der Waals surface area contributed by atoms with Crippen LogP contribution in [0.2, 0.25) is 0 Å². The molecule has 3 heterocycles. The Morgan fingerprint density at radius 3 is 2.77 bits per heavy atom. The standard InChI is InChI=1S/C29H38FN3OS/c30-17-26-32-24-12-7-14-29(27(24)35-26)19-31-18-23(29)28(34)33-15-13-22(20-8-3-1-4-9-20)16-25(33)21-10-5-2-6-11-21/h1,3-4,8-9,21-23,25,31H,2,5-7,10-19H2/p+1/t22-,23+,25+,29-/m1/s1. The van der Waals surface area contributed by atoms with Crippen LogP contribution in [0.5, 0.6) is 0 Å². The normalized spacial score (nSPS) is 31.6. The number of carbonyl (C=O) groups is 1. The van der Waals surface area contributed by atoms with Gasteiger partial charge in [-0.1, -0.05) is 49.6 Å². The number of benzene rings is 1. The van der Waals surface area contributed by atoms with Gasteiger partial charge in [-0.3, -0.25) is 4.79 Å².